The molecule has 1 aromatic carbocycles. The van der Waals surface area contributed by atoms with E-state index in [9.17, 15) is 0 Å². The Balaban J connectivity index is 1.95. The molecule has 0 amide bonds. The molecular weight excluding hydrogens is 270 g/mol. The first-order chi connectivity index (χ1) is 9.72. The second-order valence-electron chi connectivity index (χ2n) is 5.19. The van der Waals surface area contributed by atoms with Gasteiger partial charge < -0.3 is 10.6 Å². The van der Waals surface area contributed by atoms with Gasteiger partial charge in [0.15, 0.2) is 0 Å². The molecule has 0 aliphatic carbocycles. The largest absolute Gasteiger partial charge is 0.384 e. The monoisotopic (exact) mass is 287 g/mol. The molecule has 4 heteroatoms. The third-order valence-electron chi connectivity index (χ3n) is 3.69. The maximum Gasteiger partial charge on any atom is 0.126 e. The molecule has 0 spiro atoms. The van der Waals surface area contributed by atoms with Gasteiger partial charge in [0.25, 0.3) is 0 Å². The maximum atomic E-state index is 5.97. The molecule has 3 nitrogen and oxygen atoms in total. The van der Waals surface area contributed by atoms with Crippen LogP contribution in [0.1, 0.15) is 19.3 Å². The first-order valence-corrected chi connectivity index (χ1v) is 7.38. The van der Waals surface area contributed by atoms with Crippen LogP contribution >= 0.6 is 11.6 Å². The fourth-order valence-corrected chi connectivity index (χ4v) is 2.77. The number of piperidine rings is 1. The van der Waals surface area contributed by atoms with Gasteiger partial charge in [0, 0.05) is 35.4 Å². The van der Waals surface area contributed by atoms with Crippen molar-refractivity contribution in [3.05, 3.63) is 41.4 Å². The topological polar surface area (TPSA) is 42.1 Å². The molecule has 1 aliphatic heterocycles. The lowest BCUT2D eigenvalue weighted by Gasteiger charge is -2.29. The average Bonchev–Trinajstić information content (AvgIpc) is 2.48. The molecule has 0 bridgehead atoms. The number of benzene rings is 1. The summed E-state index contributed by atoms with van der Waals surface area (Å²) in [5.41, 5.74) is 9.08. The predicted octanol–water partition coefficient (Wildman–Crippen LogP) is 3.97. The minimum atomic E-state index is 0.568. The number of anilines is 2. The Kier molecular flexibility index (Phi) is 3.79. The Hall–Kier alpha value is -1.74. The van der Waals surface area contributed by atoms with E-state index in [4.69, 9.17) is 17.3 Å². The second kappa shape index (κ2) is 5.71. The highest BCUT2D eigenvalue weighted by atomic mass is 35.5. The van der Waals surface area contributed by atoms with Gasteiger partial charge in [-0.15, -0.1) is 0 Å². The number of halogens is 1. The van der Waals surface area contributed by atoms with Crippen LogP contribution in [0, 0.1) is 0 Å². The van der Waals surface area contributed by atoms with Gasteiger partial charge in [-0.3, -0.25) is 0 Å². The van der Waals surface area contributed by atoms with Gasteiger partial charge in [0.05, 0.1) is 5.69 Å². The van der Waals surface area contributed by atoms with Crippen LogP contribution in [0.4, 0.5) is 11.5 Å². The number of hydrogen-bond acceptors (Lipinski definition) is 3. The normalized spacial score (nSPS) is 15.3. The molecule has 0 atom stereocenters. The van der Waals surface area contributed by atoms with Gasteiger partial charge in [0.2, 0.25) is 0 Å². The number of hydrogen-bond donors (Lipinski definition) is 1. The smallest absolute Gasteiger partial charge is 0.126 e. The van der Waals surface area contributed by atoms with Crippen LogP contribution < -0.4 is 10.6 Å². The van der Waals surface area contributed by atoms with Crippen molar-refractivity contribution in [2.45, 2.75) is 19.3 Å². The fraction of sp³-hybridized carbons (Fsp3) is 0.312. The van der Waals surface area contributed by atoms with Crippen LogP contribution in [0.3, 0.4) is 0 Å². The lowest BCUT2D eigenvalue weighted by Crippen LogP contribution is -2.29. The highest BCUT2D eigenvalue weighted by Gasteiger charge is 2.13. The van der Waals surface area contributed by atoms with E-state index in [0.29, 0.717) is 5.82 Å². The van der Waals surface area contributed by atoms with E-state index in [-0.39, 0.29) is 0 Å². The summed E-state index contributed by atoms with van der Waals surface area (Å²) in [6.45, 7) is 2.20. The van der Waals surface area contributed by atoms with Crippen molar-refractivity contribution in [2.24, 2.45) is 0 Å². The molecule has 0 saturated carbocycles. The summed E-state index contributed by atoms with van der Waals surface area (Å²) in [6.07, 6.45) is 3.82. The zero-order valence-electron chi connectivity index (χ0n) is 11.3. The minimum absolute atomic E-state index is 0.568. The number of nitrogens with zero attached hydrogens (tertiary/aromatic N) is 2. The molecule has 1 aliphatic rings. The quantitative estimate of drug-likeness (QED) is 0.908. The zero-order chi connectivity index (χ0) is 13.9. The van der Waals surface area contributed by atoms with E-state index < -0.39 is 0 Å². The molecule has 104 valence electrons. The van der Waals surface area contributed by atoms with Gasteiger partial charge in [-0.2, -0.15) is 0 Å². The lowest BCUT2D eigenvalue weighted by molar-refractivity contribution is 0.578. The van der Waals surface area contributed by atoms with E-state index >= 15 is 0 Å². The Morgan fingerprint density at radius 3 is 2.40 bits per heavy atom. The van der Waals surface area contributed by atoms with Gasteiger partial charge in [0.1, 0.15) is 5.82 Å². The molecule has 2 heterocycles. The summed E-state index contributed by atoms with van der Waals surface area (Å²) in [7, 11) is 0. The first-order valence-electron chi connectivity index (χ1n) is 7.01. The van der Waals surface area contributed by atoms with Crippen molar-refractivity contribution in [3.8, 4) is 11.3 Å². The minimum Gasteiger partial charge on any atom is -0.384 e. The Morgan fingerprint density at radius 1 is 1.00 bits per heavy atom. The van der Waals surface area contributed by atoms with Crippen molar-refractivity contribution in [1.82, 2.24) is 4.98 Å². The van der Waals surface area contributed by atoms with Crippen LogP contribution in [0.5, 0.6) is 0 Å². The number of rotatable bonds is 2. The highest BCUT2D eigenvalue weighted by Crippen LogP contribution is 2.27. The Bertz CT molecular complexity index is 589. The average molecular weight is 288 g/mol. The van der Waals surface area contributed by atoms with Crippen LogP contribution in [0.2, 0.25) is 5.02 Å². The lowest BCUT2D eigenvalue weighted by atomic mass is 10.1. The Labute approximate surface area is 124 Å². The molecular formula is C16H18ClN3. The van der Waals surface area contributed by atoms with Crippen LogP contribution in [0.25, 0.3) is 11.3 Å². The van der Waals surface area contributed by atoms with Crippen molar-refractivity contribution in [2.75, 3.05) is 23.7 Å². The summed E-state index contributed by atoms with van der Waals surface area (Å²) >= 11 is 5.93. The van der Waals surface area contributed by atoms with E-state index in [1.54, 1.807) is 0 Å². The Morgan fingerprint density at radius 2 is 1.70 bits per heavy atom. The van der Waals surface area contributed by atoms with Crippen LogP contribution in [-0.2, 0) is 0 Å². The number of nitrogens with two attached hydrogens (primary N) is 1. The van der Waals surface area contributed by atoms with E-state index in [1.807, 2.05) is 30.3 Å². The molecule has 20 heavy (non-hydrogen) atoms. The zero-order valence-corrected chi connectivity index (χ0v) is 12.1. The summed E-state index contributed by atoms with van der Waals surface area (Å²) in [6, 6.07) is 11.8. The third-order valence-corrected chi connectivity index (χ3v) is 3.94. The van der Waals surface area contributed by atoms with Gasteiger partial charge in [-0.05, 0) is 37.5 Å². The molecule has 0 unspecified atom stereocenters. The second-order valence-corrected chi connectivity index (χ2v) is 5.63. The van der Waals surface area contributed by atoms with Crippen LogP contribution in [-0.4, -0.2) is 18.1 Å². The molecule has 0 radical (unpaired) electrons. The van der Waals surface area contributed by atoms with Gasteiger partial charge >= 0.3 is 0 Å². The SMILES string of the molecule is Nc1cc(N2CCCCC2)cc(-c2ccc(Cl)cc2)n1. The molecule has 3 rings (SSSR count). The first kappa shape index (κ1) is 13.3. The van der Waals surface area contributed by atoms with Crippen molar-refractivity contribution >= 4 is 23.1 Å². The number of pyridine rings is 1. The predicted molar refractivity (Wildman–Crippen MR) is 85.2 cm³/mol. The van der Waals surface area contributed by atoms with Crippen LogP contribution in [0.15, 0.2) is 36.4 Å². The molecule has 1 aromatic heterocycles. The standard InChI is InChI=1S/C16H18ClN3/c17-13-6-4-12(5-7-13)15-10-14(11-16(18)19-15)20-8-2-1-3-9-20/h4-7,10-11H,1-3,8-9H2,(H2,18,19). The van der Waals surface area contributed by atoms with Crippen molar-refractivity contribution < 1.29 is 0 Å². The molecule has 1 fully saturated rings. The summed E-state index contributed by atoms with van der Waals surface area (Å²) < 4.78 is 0. The maximum absolute atomic E-state index is 5.97. The molecule has 1 saturated heterocycles. The van der Waals surface area contributed by atoms with Crippen molar-refractivity contribution in [1.29, 1.82) is 0 Å². The van der Waals surface area contributed by atoms with Crippen molar-refractivity contribution in [3.63, 3.8) is 0 Å². The van der Waals surface area contributed by atoms with E-state index in [2.05, 4.69) is 16.0 Å². The van der Waals surface area contributed by atoms with Gasteiger partial charge in [-0.1, -0.05) is 23.7 Å². The van der Waals surface area contributed by atoms with E-state index in [1.165, 1.54) is 24.9 Å². The van der Waals surface area contributed by atoms with E-state index in [0.717, 1.165) is 29.4 Å². The summed E-state index contributed by atoms with van der Waals surface area (Å²) in [4.78, 5) is 6.83. The summed E-state index contributed by atoms with van der Waals surface area (Å²) in [5.74, 6) is 0.568. The third kappa shape index (κ3) is 2.88. The molecule has 2 aromatic rings. The summed E-state index contributed by atoms with van der Waals surface area (Å²) in [5, 5.41) is 0.730. The van der Waals surface area contributed by atoms with Gasteiger partial charge in [-0.25, -0.2) is 4.98 Å². The number of aromatic nitrogens is 1. The fourth-order valence-electron chi connectivity index (χ4n) is 2.64. The molecule has 2 N–H and O–H groups in total. The highest BCUT2D eigenvalue weighted by molar-refractivity contribution is 6.30. The number of nitrogen functional groups attached to an aromatic ring is 1.